The van der Waals surface area contributed by atoms with Crippen molar-refractivity contribution in [1.82, 2.24) is 10.2 Å². The summed E-state index contributed by atoms with van der Waals surface area (Å²) < 4.78 is 10.9. The van der Waals surface area contributed by atoms with E-state index in [0.29, 0.717) is 6.42 Å². The van der Waals surface area contributed by atoms with Gasteiger partial charge in [-0.1, -0.05) is 31.0 Å². The number of nitrogens with zero attached hydrogens (tertiary/aromatic N) is 1. The summed E-state index contributed by atoms with van der Waals surface area (Å²) in [5.74, 6) is 0.839. The van der Waals surface area contributed by atoms with Gasteiger partial charge in [-0.25, -0.2) is 0 Å². The van der Waals surface area contributed by atoms with Crippen molar-refractivity contribution in [2.24, 2.45) is 0 Å². The summed E-state index contributed by atoms with van der Waals surface area (Å²) in [6.45, 7) is 5.69. The summed E-state index contributed by atoms with van der Waals surface area (Å²) in [6, 6.07) is 7.86. The standard InChI is InChI=1S/C20H30N2O3/c1-16(20(9-5-6-10-20)22-11-13-25-14-12-22)21-19(23)15-17-7-3-4-8-18(17)24-2/h3-4,7-8,16H,5-6,9-15H2,1-2H3,(H,21,23)/t16-/m0/s1. The van der Waals surface area contributed by atoms with Gasteiger partial charge >= 0.3 is 0 Å². The van der Waals surface area contributed by atoms with Gasteiger partial charge in [-0.15, -0.1) is 0 Å². The van der Waals surface area contributed by atoms with Gasteiger partial charge in [0.2, 0.25) is 5.91 Å². The minimum atomic E-state index is 0.0662. The van der Waals surface area contributed by atoms with Crippen LogP contribution < -0.4 is 10.1 Å². The maximum absolute atomic E-state index is 12.7. The topological polar surface area (TPSA) is 50.8 Å². The minimum absolute atomic E-state index is 0.0662. The molecule has 1 N–H and O–H groups in total. The molecule has 0 unspecified atom stereocenters. The Labute approximate surface area is 150 Å². The highest BCUT2D eigenvalue weighted by Crippen LogP contribution is 2.38. The number of carbonyl (C=O) groups is 1. The van der Waals surface area contributed by atoms with Crippen molar-refractivity contribution in [3.8, 4) is 5.75 Å². The molecule has 0 bridgehead atoms. The zero-order valence-electron chi connectivity index (χ0n) is 15.4. The van der Waals surface area contributed by atoms with Crippen LogP contribution in [0.1, 0.15) is 38.2 Å². The molecule has 1 aromatic rings. The largest absolute Gasteiger partial charge is 0.496 e. The van der Waals surface area contributed by atoms with Crippen molar-refractivity contribution in [2.75, 3.05) is 33.4 Å². The molecule has 2 aliphatic rings. The molecule has 1 saturated heterocycles. The summed E-state index contributed by atoms with van der Waals surface area (Å²) in [6.07, 6.45) is 5.15. The van der Waals surface area contributed by atoms with E-state index in [0.717, 1.165) is 50.5 Å². The second kappa shape index (κ2) is 8.19. The van der Waals surface area contributed by atoms with Crippen LogP contribution in [0.3, 0.4) is 0 Å². The lowest BCUT2D eigenvalue weighted by molar-refractivity contribution is -0.122. The van der Waals surface area contributed by atoms with Gasteiger partial charge in [0.25, 0.3) is 0 Å². The maximum atomic E-state index is 12.7. The van der Waals surface area contributed by atoms with Crippen LogP contribution in [0, 0.1) is 0 Å². The Balaban J connectivity index is 1.66. The lowest BCUT2D eigenvalue weighted by Gasteiger charge is -2.47. The van der Waals surface area contributed by atoms with Crippen LogP contribution in [0.2, 0.25) is 0 Å². The van der Waals surface area contributed by atoms with E-state index in [9.17, 15) is 4.79 Å². The SMILES string of the molecule is COc1ccccc1CC(=O)N[C@@H](C)C1(N2CCOCC2)CCCC1. The van der Waals surface area contributed by atoms with Crippen LogP contribution in [0.4, 0.5) is 0 Å². The summed E-state index contributed by atoms with van der Waals surface area (Å²) in [5, 5.41) is 3.28. The smallest absolute Gasteiger partial charge is 0.224 e. The Bertz CT molecular complexity index is 578. The Morgan fingerprint density at radius 2 is 1.96 bits per heavy atom. The van der Waals surface area contributed by atoms with Gasteiger partial charge < -0.3 is 14.8 Å². The summed E-state index contributed by atoms with van der Waals surface area (Å²) in [7, 11) is 1.64. The molecule has 1 aliphatic heterocycles. The Morgan fingerprint density at radius 1 is 1.28 bits per heavy atom. The monoisotopic (exact) mass is 346 g/mol. The van der Waals surface area contributed by atoms with E-state index < -0.39 is 0 Å². The second-order valence-corrected chi connectivity index (χ2v) is 7.19. The van der Waals surface area contributed by atoms with E-state index in [1.54, 1.807) is 7.11 Å². The molecule has 1 atom stereocenters. The first-order valence-electron chi connectivity index (χ1n) is 9.40. The highest BCUT2D eigenvalue weighted by Gasteiger charge is 2.44. The summed E-state index contributed by atoms with van der Waals surface area (Å²) >= 11 is 0. The zero-order chi connectivity index (χ0) is 17.7. The predicted octanol–water partition coefficient (Wildman–Crippen LogP) is 2.39. The maximum Gasteiger partial charge on any atom is 0.224 e. The molecule has 25 heavy (non-hydrogen) atoms. The number of methoxy groups -OCH3 is 1. The number of hydrogen-bond donors (Lipinski definition) is 1. The number of amides is 1. The molecule has 1 heterocycles. The van der Waals surface area contributed by atoms with Crippen molar-refractivity contribution < 1.29 is 14.3 Å². The molecule has 3 rings (SSSR count). The molecular weight excluding hydrogens is 316 g/mol. The van der Waals surface area contributed by atoms with Crippen molar-refractivity contribution >= 4 is 5.91 Å². The molecule has 5 nitrogen and oxygen atoms in total. The minimum Gasteiger partial charge on any atom is -0.496 e. The number of carbonyl (C=O) groups excluding carboxylic acids is 1. The molecule has 0 radical (unpaired) electrons. The van der Waals surface area contributed by atoms with Crippen LogP contribution in [-0.4, -0.2) is 55.8 Å². The number of benzene rings is 1. The number of morpholine rings is 1. The van der Waals surface area contributed by atoms with Gasteiger partial charge in [0.1, 0.15) is 5.75 Å². The molecule has 138 valence electrons. The molecule has 1 amide bonds. The molecule has 0 aromatic heterocycles. The third-order valence-electron chi connectivity index (χ3n) is 5.84. The van der Waals surface area contributed by atoms with E-state index in [-0.39, 0.29) is 17.5 Å². The zero-order valence-corrected chi connectivity index (χ0v) is 15.4. The Hall–Kier alpha value is -1.59. The molecule has 1 aliphatic carbocycles. The molecule has 1 aromatic carbocycles. The number of ether oxygens (including phenoxy) is 2. The van der Waals surface area contributed by atoms with Crippen LogP contribution >= 0.6 is 0 Å². The van der Waals surface area contributed by atoms with Crippen molar-refractivity contribution in [2.45, 2.75) is 50.6 Å². The molecular formula is C20H30N2O3. The number of hydrogen-bond acceptors (Lipinski definition) is 4. The lowest BCUT2D eigenvalue weighted by atomic mass is 9.86. The Kier molecular flexibility index (Phi) is 5.97. The molecule has 2 fully saturated rings. The fourth-order valence-electron chi connectivity index (χ4n) is 4.47. The van der Waals surface area contributed by atoms with Crippen LogP contribution in [0.15, 0.2) is 24.3 Å². The van der Waals surface area contributed by atoms with Gasteiger partial charge in [0.05, 0.1) is 26.7 Å². The number of rotatable bonds is 6. The van der Waals surface area contributed by atoms with Crippen molar-refractivity contribution in [3.63, 3.8) is 0 Å². The third kappa shape index (κ3) is 3.98. The first kappa shape index (κ1) is 18.2. The average Bonchev–Trinajstić information content (AvgIpc) is 3.14. The highest BCUT2D eigenvalue weighted by molar-refractivity contribution is 5.79. The second-order valence-electron chi connectivity index (χ2n) is 7.19. The quantitative estimate of drug-likeness (QED) is 0.859. The van der Waals surface area contributed by atoms with Crippen molar-refractivity contribution in [3.05, 3.63) is 29.8 Å². The molecule has 1 saturated carbocycles. The third-order valence-corrected chi connectivity index (χ3v) is 5.84. The van der Waals surface area contributed by atoms with E-state index >= 15 is 0 Å². The van der Waals surface area contributed by atoms with Crippen LogP contribution in [0.5, 0.6) is 5.75 Å². The first-order valence-corrected chi connectivity index (χ1v) is 9.40. The summed E-state index contributed by atoms with van der Waals surface area (Å²) in [5.41, 5.74) is 1.02. The van der Waals surface area contributed by atoms with Gasteiger partial charge in [-0.05, 0) is 25.8 Å². The van der Waals surface area contributed by atoms with E-state index in [4.69, 9.17) is 9.47 Å². The normalized spacial score (nSPS) is 21.7. The van der Waals surface area contributed by atoms with Gasteiger partial charge in [-0.3, -0.25) is 9.69 Å². The van der Waals surface area contributed by atoms with Gasteiger partial charge in [0, 0.05) is 30.2 Å². The number of nitrogens with one attached hydrogen (secondary N) is 1. The highest BCUT2D eigenvalue weighted by atomic mass is 16.5. The lowest BCUT2D eigenvalue weighted by Crippen LogP contribution is -2.62. The van der Waals surface area contributed by atoms with E-state index in [1.165, 1.54) is 12.8 Å². The van der Waals surface area contributed by atoms with Crippen LogP contribution in [-0.2, 0) is 16.0 Å². The van der Waals surface area contributed by atoms with Crippen molar-refractivity contribution in [1.29, 1.82) is 0 Å². The molecule has 0 spiro atoms. The van der Waals surface area contributed by atoms with Gasteiger partial charge in [-0.2, -0.15) is 0 Å². The Morgan fingerprint density at radius 3 is 2.64 bits per heavy atom. The fourth-order valence-corrected chi connectivity index (χ4v) is 4.47. The number of para-hydroxylation sites is 1. The van der Waals surface area contributed by atoms with E-state index in [1.807, 2.05) is 24.3 Å². The van der Waals surface area contributed by atoms with E-state index in [2.05, 4.69) is 17.1 Å². The summed E-state index contributed by atoms with van der Waals surface area (Å²) in [4.78, 5) is 15.2. The van der Waals surface area contributed by atoms with Crippen LogP contribution in [0.25, 0.3) is 0 Å². The average molecular weight is 346 g/mol. The fraction of sp³-hybridized carbons (Fsp3) is 0.650. The molecule has 5 heteroatoms. The predicted molar refractivity (Wildman–Crippen MR) is 97.9 cm³/mol. The first-order chi connectivity index (χ1) is 12.2. The van der Waals surface area contributed by atoms with Gasteiger partial charge in [0.15, 0.2) is 0 Å².